The first kappa shape index (κ1) is 7.05. The van der Waals surface area contributed by atoms with Crippen LogP contribution in [0.2, 0.25) is 0 Å². The van der Waals surface area contributed by atoms with E-state index in [0.29, 0.717) is 12.1 Å². The third kappa shape index (κ3) is 0.835. The Balaban J connectivity index is 2.56. The van der Waals surface area contributed by atoms with Crippen molar-refractivity contribution in [2.24, 2.45) is 0 Å². The SMILES string of the molecule is N#CC1C(=N)Cc2ccccc21. The summed E-state index contributed by atoms with van der Waals surface area (Å²) in [5.41, 5.74) is 2.68. The van der Waals surface area contributed by atoms with Gasteiger partial charge in [0.2, 0.25) is 0 Å². The largest absolute Gasteiger partial charge is 0.308 e. The first-order chi connectivity index (χ1) is 5.83. The van der Waals surface area contributed by atoms with Crippen LogP contribution >= 0.6 is 0 Å². The summed E-state index contributed by atoms with van der Waals surface area (Å²) in [5.74, 6) is -0.291. The lowest BCUT2D eigenvalue weighted by Crippen LogP contribution is -2.01. The Morgan fingerprint density at radius 2 is 2.17 bits per heavy atom. The Kier molecular flexibility index (Phi) is 1.44. The van der Waals surface area contributed by atoms with Gasteiger partial charge in [-0.05, 0) is 11.1 Å². The lowest BCUT2D eigenvalue weighted by molar-refractivity contribution is 1.16. The molecule has 0 saturated heterocycles. The fraction of sp³-hybridized carbons (Fsp3) is 0.200. The summed E-state index contributed by atoms with van der Waals surface area (Å²) in [5, 5.41) is 16.4. The van der Waals surface area contributed by atoms with E-state index in [9.17, 15) is 0 Å². The van der Waals surface area contributed by atoms with Gasteiger partial charge in [-0.25, -0.2) is 0 Å². The number of fused-ring (bicyclic) bond motifs is 1. The van der Waals surface area contributed by atoms with E-state index in [2.05, 4.69) is 6.07 Å². The van der Waals surface area contributed by atoms with Crippen molar-refractivity contribution in [2.75, 3.05) is 0 Å². The highest BCUT2D eigenvalue weighted by Gasteiger charge is 2.26. The molecule has 58 valence electrons. The summed E-state index contributed by atoms with van der Waals surface area (Å²) in [7, 11) is 0. The maximum Gasteiger partial charge on any atom is 0.109 e. The van der Waals surface area contributed by atoms with E-state index >= 15 is 0 Å². The number of nitrogens with zero attached hydrogens (tertiary/aromatic N) is 1. The highest BCUT2D eigenvalue weighted by molar-refractivity contribution is 5.96. The quantitative estimate of drug-likeness (QED) is 0.612. The normalized spacial score (nSPS) is 20.2. The van der Waals surface area contributed by atoms with E-state index in [1.54, 1.807) is 0 Å². The molecule has 2 rings (SSSR count). The van der Waals surface area contributed by atoms with Crippen LogP contribution in [0.3, 0.4) is 0 Å². The minimum atomic E-state index is -0.291. The molecule has 0 bridgehead atoms. The standard InChI is InChI=1S/C10H8N2/c11-6-9-8-4-2-1-3-7(8)5-10(9)12/h1-4,9,12H,5H2. The highest BCUT2D eigenvalue weighted by atomic mass is 14.5. The zero-order valence-electron chi connectivity index (χ0n) is 6.54. The van der Waals surface area contributed by atoms with Crippen molar-refractivity contribution >= 4 is 5.71 Å². The Morgan fingerprint density at radius 3 is 2.92 bits per heavy atom. The molecule has 2 nitrogen and oxygen atoms in total. The molecule has 1 aromatic carbocycles. The average Bonchev–Trinajstić information content (AvgIpc) is 2.40. The second-order valence-electron chi connectivity index (χ2n) is 2.96. The molecular formula is C10H8N2. The molecule has 0 fully saturated rings. The molecule has 0 saturated carbocycles. The van der Waals surface area contributed by atoms with Gasteiger partial charge in [0.05, 0.1) is 6.07 Å². The van der Waals surface area contributed by atoms with Gasteiger partial charge in [0.1, 0.15) is 5.92 Å². The molecule has 1 unspecified atom stereocenters. The first-order valence-corrected chi connectivity index (χ1v) is 3.87. The Hall–Kier alpha value is -1.62. The molecule has 0 heterocycles. The van der Waals surface area contributed by atoms with Crippen LogP contribution in [0.15, 0.2) is 24.3 Å². The van der Waals surface area contributed by atoms with E-state index in [-0.39, 0.29) is 5.92 Å². The number of benzene rings is 1. The Bertz CT molecular complexity index is 374. The van der Waals surface area contributed by atoms with Crippen molar-refractivity contribution in [3.8, 4) is 6.07 Å². The predicted octanol–water partition coefficient (Wildman–Crippen LogP) is 1.87. The molecule has 0 spiro atoms. The Labute approximate surface area is 71.0 Å². The molecule has 0 aliphatic heterocycles. The van der Waals surface area contributed by atoms with Gasteiger partial charge in [0.25, 0.3) is 0 Å². The zero-order valence-corrected chi connectivity index (χ0v) is 6.54. The van der Waals surface area contributed by atoms with Gasteiger partial charge in [0, 0.05) is 12.1 Å². The van der Waals surface area contributed by atoms with E-state index in [1.165, 1.54) is 0 Å². The van der Waals surface area contributed by atoms with Crippen LogP contribution in [0.4, 0.5) is 0 Å². The van der Waals surface area contributed by atoms with Crippen LogP contribution < -0.4 is 0 Å². The number of rotatable bonds is 0. The summed E-state index contributed by atoms with van der Waals surface area (Å²) in [6.07, 6.45) is 0.647. The van der Waals surface area contributed by atoms with E-state index in [4.69, 9.17) is 10.7 Å². The molecule has 2 heteroatoms. The van der Waals surface area contributed by atoms with Crippen LogP contribution in [-0.2, 0) is 6.42 Å². The molecule has 0 aromatic heterocycles. The van der Waals surface area contributed by atoms with Crippen molar-refractivity contribution in [1.29, 1.82) is 10.7 Å². The lowest BCUT2D eigenvalue weighted by Gasteiger charge is -1.99. The summed E-state index contributed by atoms with van der Waals surface area (Å²) in [6.45, 7) is 0. The number of nitrogens with one attached hydrogen (secondary N) is 1. The maximum atomic E-state index is 8.79. The molecule has 1 aromatic rings. The molecule has 1 aliphatic rings. The summed E-state index contributed by atoms with van der Waals surface area (Å²) < 4.78 is 0. The third-order valence-electron chi connectivity index (χ3n) is 2.22. The van der Waals surface area contributed by atoms with Crippen molar-refractivity contribution < 1.29 is 0 Å². The van der Waals surface area contributed by atoms with Crippen LogP contribution in [-0.4, -0.2) is 5.71 Å². The van der Waals surface area contributed by atoms with Crippen molar-refractivity contribution in [2.45, 2.75) is 12.3 Å². The van der Waals surface area contributed by atoms with E-state index in [0.717, 1.165) is 11.1 Å². The minimum absolute atomic E-state index is 0.291. The van der Waals surface area contributed by atoms with Crippen molar-refractivity contribution in [3.05, 3.63) is 35.4 Å². The van der Waals surface area contributed by atoms with Gasteiger partial charge in [0.15, 0.2) is 0 Å². The molecule has 1 atom stereocenters. The number of nitriles is 1. The Morgan fingerprint density at radius 1 is 1.42 bits per heavy atom. The fourth-order valence-corrected chi connectivity index (χ4v) is 1.62. The molecular weight excluding hydrogens is 148 g/mol. The minimum Gasteiger partial charge on any atom is -0.308 e. The van der Waals surface area contributed by atoms with Crippen LogP contribution in [0.1, 0.15) is 17.0 Å². The van der Waals surface area contributed by atoms with Crippen LogP contribution in [0.5, 0.6) is 0 Å². The van der Waals surface area contributed by atoms with Crippen LogP contribution in [0.25, 0.3) is 0 Å². The second kappa shape index (κ2) is 2.46. The molecule has 1 N–H and O–H groups in total. The van der Waals surface area contributed by atoms with Gasteiger partial charge in [-0.2, -0.15) is 5.26 Å². The first-order valence-electron chi connectivity index (χ1n) is 3.87. The molecule has 12 heavy (non-hydrogen) atoms. The van der Waals surface area contributed by atoms with E-state index in [1.807, 2.05) is 24.3 Å². The molecule has 0 radical (unpaired) electrons. The fourth-order valence-electron chi connectivity index (χ4n) is 1.62. The molecule has 0 amide bonds. The van der Waals surface area contributed by atoms with Crippen molar-refractivity contribution in [3.63, 3.8) is 0 Å². The smallest absolute Gasteiger partial charge is 0.109 e. The van der Waals surface area contributed by atoms with Gasteiger partial charge in [-0.15, -0.1) is 0 Å². The maximum absolute atomic E-state index is 8.79. The summed E-state index contributed by atoms with van der Waals surface area (Å²) in [6, 6.07) is 9.94. The summed E-state index contributed by atoms with van der Waals surface area (Å²) in [4.78, 5) is 0. The van der Waals surface area contributed by atoms with Gasteiger partial charge in [-0.3, -0.25) is 0 Å². The van der Waals surface area contributed by atoms with Gasteiger partial charge in [-0.1, -0.05) is 24.3 Å². The average molecular weight is 156 g/mol. The van der Waals surface area contributed by atoms with Gasteiger partial charge >= 0.3 is 0 Å². The number of hydrogen-bond donors (Lipinski definition) is 1. The number of hydrogen-bond acceptors (Lipinski definition) is 2. The monoisotopic (exact) mass is 156 g/mol. The van der Waals surface area contributed by atoms with E-state index < -0.39 is 0 Å². The predicted molar refractivity (Wildman–Crippen MR) is 46.2 cm³/mol. The van der Waals surface area contributed by atoms with Crippen molar-refractivity contribution in [1.82, 2.24) is 0 Å². The van der Waals surface area contributed by atoms with Gasteiger partial charge < -0.3 is 5.41 Å². The topological polar surface area (TPSA) is 47.6 Å². The lowest BCUT2D eigenvalue weighted by atomic mass is 10.0. The highest BCUT2D eigenvalue weighted by Crippen LogP contribution is 2.29. The zero-order chi connectivity index (χ0) is 8.55. The molecule has 1 aliphatic carbocycles. The third-order valence-corrected chi connectivity index (χ3v) is 2.22. The van der Waals surface area contributed by atoms with Crippen LogP contribution in [0, 0.1) is 16.7 Å². The second-order valence-corrected chi connectivity index (χ2v) is 2.96. The summed E-state index contributed by atoms with van der Waals surface area (Å²) >= 11 is 0.